The lowest BCUT2D eigenvalue weighted by atomic mass is 9.82. The Morgan fingerprint density at radius 2 is 1.77 bits per heavy atom. The Hall–Kier alpha value is -3.90. The zero-order chi connectivity index (χ0) is 33.7. The Labute approximate surface area is 275 Å². The Bertz CT molecular complexity index is 1680. The van der Waals surface area contributed by atoms with E-state index in [2.05, 4.69) is 5.32 Å². The summed E-state index contributed by atoms with van der Waals surface area (Å²) >= 11 is 0. The Balaban J connectivity index is 1.39. The minimum Gasteiger partial charge on any atom is -0.394 e. The normalized spacial score (nSPS) is 25.9. The number of rotatable bonds is 8. The van der Waals surface area contributed by atoms with Gasteiger partial charge in [-0.1, -0.05) is 61.5 Å². The molecule has 1 saturated heterocycles. The zero-order valence-electron chi connectivity index (χ0n) is 27.2. The number of carbonyl (C=O) groups is 3. The van der Waals surface area contributed by atoms with Gasteiger partial charge in [0.15, 0.2) is 5.60 Å². The maximum Gasteiger partial charge on any atom is 0.264 e. The van der Waals surface area contributed by atoms with Crippen LogP contribution in [-0.2, 0) is 44.2 Å². The van der Waals surface area contributed by atoms with Gasteiger partial charge in [0.05, 0.1) is 37.4 Å². The molecule has 47 heavy (non-hydrogen) atoms. The molecule has 3 amide bonds. The summed E-state index contributed by atoms with van der Waals surface area (Å²) in [6.07, 6.45) is -1.78. The maximum absolute atomic E-state index is 16.4. The average molecular weight is 660 g/mol. The first kappa shape index (κ1) is 33.0. The molecule has 3 aliphatic rings. The molecule has 3 heterocycles. The zero-order valence-corrected chi connectivity index (χ0v) is 28.2. The fourth-order valence-corrected chi connectivity index (χ4v) is 10.3. The van der Waals surface area contributed by atoms with Crippen LogP contribution in [0.1, 0.15) is 42.5 Å². The number of benzene rings is 3. The molecular formula is C36H42FN3O6Si. The van der Waals surface area contributed by atoms with Gasteiger partial charge in [-0.15, -0.1) is 0 Å². The second-order valence-electron chi connectivity index (χ2n) is 13.6. The number of fused-ring (bicyclic) bond motifs is 3. The number of nitrogens with one attached hydrogen (secondary N) is 1. The average Bonchev–Trinajstić information content (AvgIpc) is 3.46. The number of aliphatic hydroxyl groups excluding tert-OH is 2. The number of hydrogen-bond acceptors (Lipinski definition) is 6. The third kappa shape index (κ3) is 5.90. The molecule has 11 heteroatoms. The van der Waals surface area contributed by atoms with Crippen molar-refractivity contribution in [2.24, 2.45) is 5.92 Å². The molecule has 1 spiro atoms. The summed E-state index contributed by atoms with van der Waals surface area (Å²) in [7, 11) is -3.56. The highest BCUT2D eigenvalue weighted by atomic mass is 28.4. The van der Waals surface area contributed by atoms with E-state index in [4.69, 9.17) is 4.74 Å². The fourth-order valence-electron chi connectivity index (χ4n) is 7.83. The van der Waals surface area contributed by atoms with E-state index >= 15 is 4.11 Å². The number of amides is 3. The predicted molar refractivity (Wildman–Crippen MR) is 179 cm³/mol. The molecule has 3 N–H and O–H groups in total. The fraction of sp³-hybridized carbons (Fsp3) is 0.417. The van der Waals surface area contributed by atoms with Crippen molar-refractivity contribution < 1.29 is 33.4 Å². The molecule has 3 aromatic carbocycles. The van der Waals surface area contributed by atoms with Crippen LogP contribution in [0.2, 0.25) is 18.6 Å². The molecule has 0 aliphatic carbocycles. The van der Waals surface area contributed by atoms with E-state index in [1.54, 1.807) is 41.1 Å². The maximum atomic E-state index is 16.4. The molecule has 0 saturated carbocycles. The van der Waals surface area contributed by atoms with E-state index in [0.29, 0.717) is 29.9 Å². The minimum atomic E-state index is -3.56. The number of anilines is 2. The van der Waals surface area contributed by atoms with E-state index in [-0.39, 0.29) is 31.4 Å². The Morgan fingerprint density at radius 3 is 2.43 bits per heavy atom. The first-order valence-corrected chi connectivity index (χ1v) is 19.1. The monoisotopic (exact) mass is 659 g/mol. The first-order valence-electron chi connectivity index (χ1n) is 16.2. The topological polar surface area (TPSA) is 119 Å². The van der Waals surface area contributed by atoms with Gasteiger partial charge in [-0.25, -0.2) is 0 Å². The lowest BCUT2D eigenvalue weighted by molar-refractivity contribution is -0.151. The molecule has 3 aliphatic heterocycles. The second kappa shape index (κ2) is 12.6. The first-order chi connectivity index (χ1) is 22.3. The quantitative estimate of drug-likeness (QED) is 0.239. The molecule has 3 aromatic rings. The van der Waals surface area contributed by atoms with Gasteiger partial charge in [-0.2, -0.15) is 0 Å². The van der Waals surface area contributed by atoms with Crippen LogP contribution < -0.4 is 10.2 Å². The van der Waals surface area contributed by atoms with Crippen LogP contribution in [0.15, 0.2) is 72.8 Å². The summed E-state index contributed by atoms with van der Waals surface area (Å²) in [5.74, 6) is -1.86. The third-order valence-electron chi connectivity index (χ3n) is 10.1. The predicted octanol–water partition coefficient (Wildman–Crippen LogP) is 4.66. The second-order valence-corrected chi connectivity index (χ2v) is 17.4. The molecule has 0 radical (unpaired) electrons. The Morgan fingerprint density at radius 1 is 1.09 bits per heavy atom. The van der Waals surface area contributed by atoms with Gasteiger partial charge in [0, 0.05) is 29.3 Å². The van der Waals surface area contributed by atoms with Gasteiger partial charge in [-0.3, -0.25) is 14.4 Å². The number of hydrogen-bond donors (Lipinski definition) is 3. The SMILES string of the molecule is C[C@H](O)C(=O)Nc1ccc2c(c1)[C@@]1(O[C@H](CC(=O)N3Cc4ccccc4C[C@H]3CO)[C@@H]([Si](C)(C)F)[C@@H]1C)C(=O)N2Cc1ccccc1. The molecule has 6 rings (SSSR count). The number of ether oxygens (including phenoxy) is 1. The molecular weight excluding hydrogens is 617 g/mol. The van der Waals surface area contributed by atoms with Gasteiger partial charge in [0.2, 0.25) is 14.3 Å². The van der Waals surface area contributed by atoms with Crippen molar-refractivity contribution in [3.8, 4) is 0 Å². The van der Waals surface area contributed by atoms with Gasteiger partial charge < -0.3 is 34.2 Å². The summed E-state index contributed by atoms with van der Waals surface area (Å²) in [6, 6.07) is 22.0. The number of nitrogens with zero attached hydrogens (tertiary/aromatic N) is 2. The van der Waals surface area contributed by atoms with Crippen molar-refractivity contribution >= 4 is 37.5 Å². The van der Waals surface area contributed by atoms with Crippen LogP contribution in [0.4, 0.5) is 15.5 Å². The van der Waals surface area contributed by atoms with Crippen LogP contribution in [0.5, 0.6) is 0 Å². The number of carbonyl (C=O) groups excluding carboxylic acids is 3. The van der Waals surface area contributed by atoms with Crippen LogP contribution in [0.25, 0.3) is 0 Å². The lowest BCUT2D eigenvalue weighted by Gasteiger charge is -2.37. The van der Waals surface area contributed by atoms with Crippen molar-refractivity contribution in [3.63, 3.8) is 0 Å². The van der Waals surface area contributed by atoms with E-state index in [9.17, 15) is 24.6 Å². The highest BCUT2D eigenvalue weighted by Gasteiger charge is 2.67. The van der Waals surface area contributed by atoms with E-state index in [1.807, 2.05) is 61.5 Å². The van der Waals surface area contributed by atoms with Crippen molar-refractivity contribution in [2.75, 3.05) is 16.8 Å². The molecule has 9 nitrogen and oxygen atoms in total. The molecule has 1 fully saturated rings. The smallest absolute Gasteiger partial charge is 0.264 e. The summed E-state index contributed by atoms with van der Waals surface area (Å²) < 4.78 is 23.2. The van der Waals surface area contributed by atoms with Crippen molar-refractivity contribution in [1.29, 1.82) is 0 Å². The molecule has 0 unspecified atom stereocenters. The summed E-state index contributed by atoms with van der Waals surface area (Å²) in [5, 5.41) is 22.7. The highest BCUT2D eigenvalue weighted by molar-refractivity contribution is 6.72. The van der Waals surface area contributed by atoms with Gasteiger partial charge in [-0.05, 0) is 61.3 Å². The van der Waals surface area contributed by atoms with Crippen LogP contribution in [0.3, 0.4) is 0 Å². The summed E-state index contributed by atoms with van der Waals surface area (Å²) in [4.78, 5) is 44.5. The molecule has 0 aromatic heterocycles. The lowest BCUT2D eigenvalue weighted by Crippen LogP contribution is -2.48. The Kier molecular flexibility index (Phi) is 8.86. The van der Waals surface area contributed by atoms with E-state index in [1.165, 1.54) is 6.92 Å². The van der Waals surface area contributed by atoms with E-state index < -0.39 is 49.6 Å². The number of aliphatic hydroxyl groups is 2. The van der Waals surface area contributed by atoms with Crippen molar-refractivity contribution in [1.82, 2.24) is 4.90 Å². The van der Waals surface area contributed by atoms with Gasteiger partial charge in [0.1, 0.15) is 6.10 Å². The number of halogens is 1. The molecule has 0 bridgehead atoms. The standard InChI is InChI=1S/C36H42FN3O6Si/c1-22-33(47(3,4)37)31(18-32(43)39-20-26-13-9-8-12-25(26)16-28(39)21-41)46-36(22)29-17-27(38-34(44)23(2)42)14-15-30(29)40(35(36)45)19-24-10-6-5-7-11-24/h5-15,17,22-23,28,31,33,41-42H,16,18-21H2,1-4H3,(H,38,44)/t22-,23-,28-,31+,33-,36+/m0/s1. The minimum absolute atomic E-state index is 0.143. The summed E-state index contributed by atoms with van der Waals surface area (Å²) in [5.41, 5.74) is 2.11. The largest absolute Gasteiger partial charge is 0.394 e. The van der Waals surface area contributed by atoms with Crippen molar-refractivity contribution in [3.05, 3.63) is 95.1 Å². The van der Waals surface area contributed by atoms with Crippen LogP contribution in [-0.4, -0.2) is 66.1 Å². The molecule has 6 atom stereocenters. The molecule has 248 valence electrons. The van der Waals surface area contributed by atoms with Crippen LogP contribution in [0, 0.1) is 5.92 Å². The van der Waals surface area contributed by atoms with Crippen LogP contribution >= 0.6 is 0 Å². The third-order valence-corrected chi connectivity index (χ3v) is 12.5. The van der Waals surface area contributed by atoms with Gasteiger partial charge in [0.25, 0.3) is 11.8 Å². The van der Waals surface area contributed by atoms with Crippen molar-refractivity contribution in [2.45, 2.75) is 82.3 Å². The van der Waals surface area contributed by atoms with Gasteiger partial charge >= 0.3 is 0 Å². The van der Waals surface area contributed by atoms with E-state index in [0.717, 1.165) is 16.7 Å². The highest BCUT2D eigenvalue weighted by Crippen LogP contribution is 2.60. The summed E-state index contributed by atoms with van der Waals surface area (Å²) in [6.45, 7) is 6.73.